The highest BCUT2D eigenvalue weighted by Gasteiger charge is 2.51. The van der Waals surface area contributed by atoms with Gasteiger partial charge in [0.15, 0.2) is 0 Å². The highest BCUT2D eigenvalue weighted by atomic mass is 32.2. The van der Waals surface area contributed by atoms with Crippen LogP contribution in [0.25, 0.3) is 0 Å². The van der Waals surface area contributed by atoms with Crippen molar-refractivity contribution in [3.05, 3.63) is 29.8 Å². The van der Waals surface area contributed by atoms with Gasteiger partial charge in [-0.2, -0.15) is 4.31 Å². The number of fused-ring (bicyclic) bond motifs is 1. The Labute approximate surface area is 139 Å². The summed E-state index contributed by atoms with van der Waals surface area (Å²) in [4.78, 5) is 11.6. The Morgan fingerprint density at radius 3 is 2.42 bits per heavy atom. The number of benzene rings is 1. The molecule has 0 bridgehead atoms. The number of esters is 1. The molecular weight excluding hydrogens is 340 g/mol. The van der Waals surface area contributed by atoms with Crippen LogP contribution in [0.2, 0.25) is 0 Å². The number of carbonyl (C=O) groups excluding carboxylic acids is 1. The van der Waals surface area contributed by atoms with E-state index in [4.69, 9.17) is 4.74 Å². The molecular formula is C16H19F2NO4S. The summed E-state index contributed by atoms with van der Waals surface area (Å²) in [6.45, 7) is 0. The Bertz CT molecular complexity index is 732. The van der Waals surface area contributed by atoms with E-state index in [1.54, 1.807) is 0 Å². The number of carbonyl (C=O) groups is 1. The van der Waals surface area contributed by atoms with Crippen LogP contribution in [0.1, 0.15) is 32.1 Å². The van der Waals surface area contributed by atoms with E-state index in [1.165, 1.54) is 7.11 Å². The summed E-state index contributed by atoms with van der Waals surface area (Å²) in [6, 6.07) is 0.898. The van der Waals surface area contributed by atoms with Crippen molar-refractivity contribution in [2.45, 2.75) is 49.1 Å². The molecule has 1 aromatic rings. The highest BCUT2D eigenvalue weighted by molar-refractivity contribution is 7.89. The molecule has 24 heavy (non-hydrogen) atoms. The van der Waals surface area contributed by atoms with Crippen molar-refractivity contribution < 1.29 is 26.7 Å². The SMILES string of the molecule is COC(=O)[C@@H]1C[C@H]2CCCC[C@@H]2N1S(=O)(=O)c1cc(F)cc(F)c1. The maximum absolute atomic E-state index is 13.5. The van der Waals surface area contributed by atoms with E-state index in [0.29, 0.717) is 18.9 Å². The molecule has 1 aliphatic carbocycles. The van der Waals surface area contributed by atoms with Gasteiger partial charge < -0.3 is 4.74 Å². The van der Waals surface area contributed by atoms with Gasteiger partial charge in [0.2, 0.25) is 10.0 Å². The fourth-order valence-corrected chi connectivity index (χ4v) is 5.81. The molecule has 1 saturated heterocycles. The number of methoxy groups -OCH3 is 1. The van der Waals surface area contributed by atoms with Crippen LogP contribution < -0.4 is 0 Å². The number of ether oxygens (including phenoxy) is 1. The van der Waals surface area contributed by atoms with Gasteiger partial charge in [-0.3, -0.25) is 4.79 Å². The summed E-state index contributed by atoms with van der Waals surface area (Å²) < 4.78 is 58.9. The van der Waals surface area contributed by atoms with Crippen LogP contribution >= 0.6 is 0 Å². The highest BCUT2D eigenvalue weighted by Crippen LogP contribution is 2.43. The minimum atomic E-state index is -4.21. The van der Waals surface area contributed by atoms with Crippen LogP contribution in [-0.2, 0) is 19.6 Å². The van der Waals surface area contributed by atoms with Gasteiger partial charge >= 0.3 is 5.97 Å². The Kier molecular flexibility index (Phi) is 4.61. The van der Waals surface area contributed by atoms with Gasteiger partial charge in [0, 0.05) is 12.1 Å². The molecule has 1 aliphatic heterocycles. The molecule has 0 aromatic heterocycles. The molecule has 0 amide bonds. The van der Waals surface area contributed by atoms with Crippen LogP contribution in [0.5, 0.6) is 0 Å². The lowest BCUT2D eigenvalue weighted by Crippen LogP contribution is -2.46. The lowest BCUT2D eigenvalue weighted by atomic mass is 9.85. The second kappa shape index (κ2) is 6.40. The normalized spacial score (nSPS) is 27.7. The van der Waals surface area contributed by atoms with E-state index in [2.05, 4.69) is 0 Å². The van der Waals surface area contributed by atoms with Crippen molar-refractivity contribution in [3.8, 4) is 0 Å². The molecule has 1 saturated carbocycles. The van der Waals surface area contributed by atoms with Gasteiger partial charge in [0.05, 0.1) is 12.0 Å². The van der Waals surface area contributed by atoms with Crippen molar-refractivity contribution in [2.75, 3.05) is 7.11 Å². The van der Waals surface area contributed by atoms with Crippen LogP contribution in [0.15, 0.2) is 23.1 Å². The van der Waals surface area contributed by atoms with Gasteiger partial charge in [0.25, 0.3) is 0 Å². The summed E-state index contributed by atoms with van der Waals surface area (Å²) in [5.41, 5.74) is 0. The number of hydrogen-bond donors (Lipinski definition) is 0. The molecule has 5 nitrogen and oxygen atoms in total. The zero-order valence-electron chi connectivity index (χ0n) is 13.2. The van der Waals surface area contributed by atoms with E-state index >= 15 is 0 Å². The average Bonchev–Trinajstić information content (AvgIpc) is 2.93. The molecule has 0 spiro atoms. The predicted molar refractivity (Wildman–Crippen MR) is 81.5 cm³/mol. The van der Waals surface area contributed by atoms with E-state index in [9.17, 15) is 22.0 Å². The molecule has 1 heterocycles. The molecule has 2 fully saturated rings. The largest absolute Gasteiger partial charge is 0.468 e. The summed E-state index contributed by atoms with van der Waals surface area (Å²) in [5.74, 6) is -2.51. The lowest BCUT2D eigenvalue weighted by Gasteiger charge is -2.32. The second-order valence-corrected chi connectivity index (χ2v) is 8.17. The summed E-state index contributed by atoms with van der Waals surface area (Å²) >= 11 is 0. The Balaban J connectivity index is 2.06. The van der Waals surface area contributed by atoms with E-state index in [1.807, 2.05) is 0 Å². The van der Waals surface area contributed by atoms with Crippen LogP contribution in [0.3, 0.4) is 0 Å². The molecule has 0 radical (unpaired) electrons. The minimum Gasteiger partial charge on any atom is -0.468 e. The van der Waals surface area contributed by atoms with Gasteiger partial charge in [-0.1, -0.05) is 12.8 Å². The number of halogens is 2. The number of sulfonamides is 1. The fourth-order valence-electron chi connectivity index (χ4n) is 3.90. The molecule has 0 unspecified atom stereocenters. The molecule has 8 heteroatoms. The first-order valence-corrected chi connectivity index (χ1v) is 9.36. The van der Waals surface area contributed by atoms with Crippen molar-refractivity contribution in [1.82, 2.24) is 4.31 Å². The van der Waals surface area contributed by atoms with E-state index < -0.39 is 38.6 Å². The molecule has 2 aliphatic rings. The molecule has 3 rings (SSSR count). The van der Waals surface area contributed by atoms with Crippen LogP contribution in [0, 0.1) is 17.6 Å². The zero-order chi connectivity index (χ0) is 17.5. The summed E-state index contributed by atoms with van der Waals surface area (Å²) in [6.07, 6.45) is 3.70. The third-order valence-corrected chi connectivity index (χ3v) is 6.83. The number of rotatable bonds is 3. The van der Waals surface area contributed by atoms with Crippen molar-refractivity contribution in [2.24, 2.45) is 5.92 Å². The van der Waals surface area contributed by atoms with Crippen molar-refractivity contribution >= 4 is 16.0 Å². The third kappa shape index (κ3) is 2.93. The number of hydrogen-bond acceptors (Lipinski definition) is 4. The fraction of sp³-hybridized carbons (Fsp3) is 0.562. The Morgan fingerprint density at radius 2 is 1.79 bits per heavy atom. The van der Waals surface area contributed by atoms with Crippen LogP contribution in [-0.4, -0.2) is 37.9 Å². The number of nitrogens with zero attached hydrogens (tertiary/aromatic N) is 1. The van der Waals surface area contributed by atoms with Crippen molar-refractivity contribution in [1.29, 1.82) is 0 Å². The molecule has 3 atom stereocenters. The first-order valence-electron chi connectivity index (χ1n) is 7.92. The van der Waals surface area contributed by atoms with Gasteiger partial charge in [-0.15, -0.1) is 0 Å². The Hall–Kier alpha value is -1.54. The Morgan fingerprint density at radius 1 is 1.17 bits per heavy atom. The quantitative estimate of drug-likeness (QED) is 0.778. The zero-order valence-corrected chi connectivity index (χ0v) is 14.1. The standard InChI is InChI=1S/C16H19F2NO4S/c1-23-16(20)15-6-10-4-2-3-5-14(10)19(15)24(21,22)13-8-11(17)7-12(18)9-13/h7-10,14-15H,2-6H2,1H3/t10-,14+,15+/m1/s1. The predicted octanol–water partition coefficient (Wildman–Crippen LogP) is 2.46. The second-order valence-electron chi connectivity index (χ2n) is 6.33. The minimum absolute atomic E-state index is 0.0658. The first-order chi connectivity index (χ1) is 11.3. The molecule has 1 aromatic carbocycles. The smallest absolute Gasteiger partial charge is 0.324 e. The van der Waals surface area contributed by atoms with Crippen molar-refractivity contribution in [3.63, 3.8) is 0 Å². The van der Waals surface area contributed by atoms with E-state index in [-0.39, 0.29) is 12.0 Å². The summed E-state index contributed by atoms with van der Waals surface area (Å²) in [7, 11) is -3.00. The first kappa shape index (κ1) is 17.3. The topological polar surface area (TPSA) is 63.7 Å². The molecule has 132 valence electrons. The maximum Gasteiger partial charge on any atom is 0.324 e. The monoisotopic (exact) mass is 359 g/mol. The lowest BCUT2D eigenvalue weighted by molar-refractivity contribution is -0.144. The third-order valence-electron chi connectivity index (χ3n) is 4.91. The van der Waals surface area contributed by atoms with Crippen LogP contribution in [0.4, 0.5) is 8.78 Å². The summed E-state index contributed by atoms with van der Waals surface area (Å²) in [5, 5.41) is 0. The maximum atomic E-state index is 13.5. The average molecular weight is 359 g/mol. The molecule has 0 N–H and O–H groups in total. The van der Waals surface area contributed by atoms with Gasteiger partial charge in [-0.25, -0.2) is 17.2 Å². The van der Waals surface area contributed by atoms with Gasteiger partial charge in [0.1, 0.15) is 17.7 Å². The van der Waals surface area contributed by atoms with E-state index in [0.717, 1.165) is 35.7 Å². The van der Waals surface area contributed by atoms with Gasteiger partial charge in [-0.05, 0) is 37.3 Å².